The summed E-state index contributed by atoms with van der Waals surface area (Å²) >= 11 is 0. The Balaban J connectivity index is 0.00000104. The van der Waals surface area contributed by atoms with Crippen LogP contribution < -0.4 is 5.32 Å². The Morgan fingerprint density at radius 2 is 1.92 bits per heavy atom. The number of aromatic nitrogens is 2. The highest BCUT2D eigenvalue weighted by Crippen LogP contribution is 2.32. The lowest BCUT2D eigenvalue weighted by Gasteiger charge is -1.99. The highest BCUT2D eigenvalue weighted by molar-refractivity contribution is 6.25. The first-order valence-electron chi connectivity index (χ1n) is 7.36. The molecule has 0 aliphatic carbocycles. The zero-order chi connectivity index (χ0) is 14.8. The van der Waals surface area contributed by atoms with Crippen LogP contribution in [0.15, 0.2) is 72.3 Å². The third kappa shape index (κ3) is 3.45. The van der Waals surface area contributed by atoms with Crippen molar-refractivity contribution in [2.75, 3.05) is 11.9 Å². The number of hydrogen-bond donors (Lipinski definition) is 1. The van der Waals surface area contributed by atoms with Gasteiger partial charge in [0.25, 0.3) is 0 Å². The predicted octanol–water partition coefficient (Wildman–Crippen LogP) is 4.31. The fourth-order valence-corrected chi connectivity index (χ4v) is 2.77. The first kappa shape index (κ1) is 18.0. The van der Waals surface area contributed by atoms with Crippen LogP contribution in [0.25, 0.3) is 10.8 Å². The fraction of sp³-hybridized carbons (Fsp3) is 0.111. The van der Waals surface area contributed by atoms with Crippen LogP contribution in [-0.4, -0.2) is 21.9 Å². The number of halogens is 2. The average molecular weight is 361 g/mol. The summed E-state index contributed by atoms with van der Waals surface area (Å²) in [6.07, 6.45) is 9.73. The number of hydrogen-bond acceptors (Lipinski definition) is 2. The molecule has 4 nitrogen and oxygen atoms in total. The van der Waals surface area contributed by atoms with Gasteiger partial charge in [0.15, 0.2) is 0 Å². The van der Waals surface area contributed by atoms with Crippen molar-refractivity contribution >= 4 is 47.1 Å². The van der Waals surface area contributed by atoms with Crippen LogP contribution in [0.3, 0.4) is 0 Å². The Morgan fingerprint density at radius 3 is 2.71 bits per heavy atom. The van der Waals surface area contributed by atoms with Gasteiger partial charge in [-0.2, -0.15) is 0 Å². The molecule has 1 aromatic heterocycles. The summed E-state index contributed by atoms with van der Waals surface area (Å²) in [6.45, 7) is 1.50. The van der Waals surface area contributed by atoms with Crippen LogP contribution in [-0.2, 0) is 6.54 Å². The molecule has 0 amide bonds. The van der Waals surface area contributed by atoms with Gasteiger partial charge in [0.05, 0.1) is 12.9 Å². The van der Waals surface area contributed by atoms with Gasteiger partial charge in [-0.05, 0) is 11.5 Å². The lowest BCUT2D eigenvalue weighted by atomic mass is 10.1. The summed E-state index contributed by atoms with van der Waals surface area (Å²) < 4.78 is 2.02. The van der Waals surface area contributed by atoms with Crippen molar-refractivity contribution in [3.8, 4) is 0 Å². The SMILES string of the molecule is C(=CCn1ccnc1)CN=C1Nc2cccc3cccc1c23.Cl.Cl. The average Bonchev–Trinajstić information content (AvgIpc) is 3.17. The van der Waals surface area contributed by atoms with E-state index in [2.05, 4.69) is 63.8 Å². The van der Waals surface area contributed by atoms with Gasteiger partial charge in [-0.1, -0.05) is 42.5 Å². The van der Waals surface area contributed by atoms with E-state index in [-0.39, 0.29) is 24.8 Å². The number of nitrogens with zero attached hydrogens (tertiary/aromatic N) is 3. The molecule has 0 atom stereocenters. The molecule has 124 valence electrons. The minimum atomic E-state index is 0. The van der Waals surface area contributed by atoms with Gasteiger partial charge in [-0.25, -0.2) is 4.98 Å². The molecule has 2 aromatic carbocycles. The predicted molar refractivity (Wildman–Crippen MR) is 105 cm³/mol. The monoisotopic (exact) mass is 360 g/mol. The zero-order valence-corrected chi connectivity index (χ0v) is 14.6. The van der Waals surface area contributed by atoms with Gasteiger partial charge < -0.3 is 9.88 Å². The minimum absolute atomic E-state index is 0. The maximum Gasteiger partial charge on any atom is 0.133 e. The molecule has 24 heavy (non-hydrogen) atoms. The van der Waals surface area contributed by atoms with Crippen LogP contribution in [0.1, 0.15) is 5.56 Å². The normalized spacial score (nSPS) is 13.8. The van der Waals surface area contributed by atoms with E-state index in [0.717, 1.165) is 18.1 Å². The Morgan fingerprint density at radius 1 is 1.08 bits per heavy atom. The number of benzene rings is 2. The van der Waals surface area contributed by atoms with Gasteiger partial charge in [0, 0.05) is 35.6 Å². The van der Waals surface area contributed by atoms with Crippen LogP contribution in [0.2, 0.25) is 0 Å². The number of rotatable bonds is 4. The molecule has 6 heteroatoms. The van der Waals surface area contributed by atoms with E-state index in [4.69, 9.17) is 0 Å². The molecule has 4 rings (SSSR count). The molecule has 0 radical (unpaired) electrons. The molecule has 1 N–H and O–H groups in total. The van der Waals surface area contributed by atoms with Gasteiger partial charge >= 0.3 is 0 Å². The molecule has 0 saturated heterocycles. The number of allylic oxidation sites excluding steroid dienone is 1. The Hall–Kier alpha value is -2.30. The van der Waals surface area contributed by atoms with Crippen LogP contribution in [0, 0.1) is 0 Å². The summed E-state index contributed by atoms with van der Waals surface area (Å²) in [5.41, 5.74) is 2.34. The number of anilines is 1. The van der Waals surface area contributed by atoms with Crippen molar-refractivity contribution in [2.45, 2.75) is 6.54 Å². The summed E-state index contributed by atoms with van der Waals surface area (Å²) in [4.78, 5) is 8.70. The van der Waals surface area contributed by atoms with Crippen molar-refractivity contribution in [3.63, 3.8) is 0 Å². The highest BCUT2D eigenvalue weighted by atomic mass is 35.5. The summed E-state index contributed by atoms with van der Waals surface area (Å²) in [6, 6.07) is 12.7. The molecular weight excluding hydrogens is 343 g/mol. The third-order valence-corrected chi connectivity index (χ3v) is 3.81. The van der Waals surface area contributed by atoms with E-state index in [1.54, 1.807) is 6.20 Å². The lowest BCUT2D eigenvalue weighted by molar-refractivity contribution is 0.818. The van der Waals surface area contributed by atoms with Crippen molar-refractivity contribution in [3.05, 3.63) is 72.8 Å². The fourth-order valence-electron chi connectivity index (χ4n) is 2.77. The van der Waals surface area contributed by atoms with Crippen molar-refractivity contribution in [1.82, 2.24) is 9.55 Å². The molecular formula is C18H18Cl2N4. The van der Waals surface area contributed by atoms with Crippen molar-refractivity contribution in [1.29, 1.82) is 0 Å². The molecule has 0 fully saturated rings. The minimum Gasteiger partial charge on any atom is -0.339 e. The zero-order valence-electron chi connectivity index (χ0n) is 12.9. The van der Waals surface area contributed by atoms with Crippen LogP contribution in [0.4, 0.5) is 5.69 Å². The number of nitrogens with one attached hydrogen (secondary N) is 1. The Bertz CT molecular complexity index is 865. The Labute approximate surface area is 153 Å². The molecule has 0 unspecified atom stereocenters. The van der Waals surface area contributed by atoms with E-state index >= 15 is 0 Å². The second-order valence-corrected chi connectivity index (χ2v) is 5.25. The highest BCUT2D eigenvalue weighted by Gasteiger charge is 2.18. The molecule has 2 heterocycles. The maximum absolute atomic E-state index is 4.68. The van der Waals surface area contributed by atoms with Crippen LogP contribution >= 0.6 is 24.8 Å². The molecule has 1 aliphatic rings. The smallest absolute Gasteiger partial charge is 0.133 e. The van der Waals surface area contributed by atoms with Gasteiger partial charge in [0.1, 0.15) is 5.84 Å². The summed E-state index contributed by atoms with van der Waals surface area (Å²) in [5, 5.41) is 5.94. The maximum atomic E-state index is 4.68. The summed E-state index contributed by atoms with van der Waals surface area (Å²) in [7, 11) is 0. The standard InChI is InChI=1S/C18H16N4.2ClH/c1(2-11-22-12-10-19-13-22)9-20-18-15-7-3-5-14-6-4-8-16(21-18)17(14)15;;/h1-8,10,12-13H,9,11H2,(H,20,21);2*1H. The van der Waals surface area contributed by atoms with Crippen molar-refractivity contribution < 1.29 is 0 Å². The van der Waals surface area contributed by atoms with Gasteiger partial charge in [0.2, 0.25) is 0 Å². The first-order valence-corrected chi connectivity index (χ1v) is 7.36. The number of aliphatic imine (C=N–C) groups is 1. The third-order valence-electron chi connectivity index (χ3n) is 3.81. The second kappa shape index (κ2) is 7.99. The molecule has 1 aliphatic heterocycles. The van der Waals surface area contributed by atoms with Gasteiger partial charge in [-0.15, -0.1) is 24.8 Å². The number of imidazole rings is 1. The molecule has 0 saturated carbocycles. The quantitative estimate of drug-likeness (QED) is 0.704. The second-order valence-electron chi connectivity index (χ2n) is 5.25. The molecule has 0 spiro atoms. The lowest BCUT2D eigenvalue weighted by Crippen LogP contribution is -2.07. The van der Waals surface area contributed by atoms with Gasteiger partial charge in [-0.3, -0.25) is 4.99 Å². The van der Waals surface area contributed by atoms with E-state index in [1.165, 1.54) is 16.3 Å². The first-order chi connectivity index (χ1) is 10.9. The Kier molecular flexibility index (Phi) is 6.01. The van der Waals surface area contributed by atoms with E-state index in [9.17, 15) is 0 Å². The van der Waals surface area contributed by atoms with E-state index in [1.807, 2.05) is 17.1 Å². The van der Waals surface area contributed by atoms with E-state index < -0.39 is 0 Å². The van der Waals surface area contributed by atoms with Crippen molar-refractivity contribution in [2.24, 2.45) is 4.99 Å². The molecule has 3 aromatic rings. The van der Waals surface area contributed by atoms with Crippen LogP contribution in [0.5, 0.6) is 0 Å². The van der Waals surface area contributed by atoms with E-state index in [0.29, 0.717) is 6.54 Å². The largest absolute Gasteiger partial charge is 0.339 e. The summed E-state index contributed by atoms with van der Waals surface area (Å²) in [5.74, 6) is 0.957. The topological polar surface area (TPSA) is 42.2 Å². The molecule has 0 bridgehead atoms. The number of amidine groups is 1.